The molecule has 4 heteroatoms. The molecule has 2 heterocycles. The van der Waals surface area contributed by atoms with E-state index in [0.717, 1.165) is 49.1 Å². The number of benzene rings is 2. The van der Waals surface area contributed by atoms with Gasteiger partial charge in [0.05, 0.1) is 5.56 Å². The Morgan fingerprint density at radius 3 is 2.58 bits per heavy atom. The van der Waals surface area contributed by atoms with Crippen LogP contribution in [0, 0.1) is 0 Å². The highest BCUT2D eigenvalue weighted by Gasteiger charge is 2.32. The van der Waals surface area contributed by atoms with Crippen molar-refractivity contribution in [2.75, 3.05) is 19.6 Å². The average Bonchev–Trinajstić information content (AvgIpc) is 3.11. The predicted octanol–water partition coefficient (Wildman–Crippen LogP) is 3.72. The summed E-state index contributed by atoms with van der Waals surface area (Å²) < 4.78 is 0.880. The first-order chi connectivity index (χ1) is 11.7. The summed E-state index contributed by atoms with van der Waals surface area (Å²) in [5, 5.41) is 0. The number of nitrogens with zero attached hydrogens (tertiary/aromatic N) is 2. The van der Waals surface area contributed by atoms with Crippen molar-refractivity contribution in [3.63, 3.8) is 0 Å². The van der Waals surface area contributed by atoms with E-state index in [1.54, 1.807) is 0 Å². The molecule has 2 aliphatic heterocycles. The van der Waals surface area contributed by atoms with Gasteiger partial charge in [0, 0.05) is 36.7 Å². The molecule has 1 saturated heterocycles. The highest BCUT2D eigenvalue weighted by Crippen LogP contribution is 2.26. The molecule has 0 aromatic heterocycles. The molecule has 2 aromatic carbocycles. The molecule has 0 N–H and O–H groups in total. The number of halogens is 1. The fourth-order valence-corrected chi connectivity index (χ4v) is 4.31. The van der Waals surface area contributed by atoms with Crippen LogP contribution in [0.15, 0.2) is 53.0 Å². The first kappa shape index (κ1) is 15.9. The number of likely N-dealkylation sites (tertiary alicyclic amines) is 1. The second-order valence-corrected chi connectivity index (χ2v) is 7.52. The van der Waals surface area contributed by atoms with Crippen LogP contribution >= 0.6 is 15.9 Å². The third-order valence-corrected chi connectivity index (χ3v) is 5.92. The normalized spacial score (nSPS) is 20.9. The zero-order chi connectivity index (χ0) is 16.5. The van der Waals surface area contributed by atoms with Crippen LogP contribution in [0.1, 0.15) is 27.9 Å². The first-order valence-electron chi connectivity index (χ1n) is 8.57. The molecule has 24 heavy (non-hydrogen) atoms. The summed E-state index contributed by atoms with van der Waals surface area (Å²) in [4.78, 5) is 17.3. The largest absolute Gasteiger partial charge is 0.337 e. The second kappa shape index (κ2) is 6.69. The molecule has 0 radical (unpaired) electrons. The number of fused-ring (bicyclic) bond motifs is 1. The summed E-state index contributed by atoms with van der Waals surface area (Å²) in [5.74, 6) is 0.141. The quantitative estimate of drug-likeness (QED) is 0.787. The summed E-state index contributed by atoms with van der Waals surface area (Å²) in [6.45, 7) is 3.79. The lowest BCUT2D eigenvalue weighted by Gasteiger charge is -2.33. The van der Waals surface area contributed by atoms with E-state index in [9.17, 15) is 4.79 Å². The molecule has 0 unspecified atom stereocenters. The Balaban J connectivity index is 1.44. The first-order valence-corrected chi connectivity index (χ1v) is 9.36. The van der Waals surface area contributed by atoms with Crippen molar-refractivity contribution in [3.05, 3.63) is 69.7 Å². The number of carbonyl (C=O) groups excluding carboxylic acids is 1. The lowest BCUT2D eigenvalue weighted by atomic mass is 9.98. The number of hydrogen-bond acceptors (Lipinski definition) is 2. The van der Waals surface area contributed by atoms with Crippen molar-refractivity contribution in [1.82, 2.24) is 9.80 Å². The second-order valence-electron chi connectivity index (χ2n) is 6.66. The van der Waals surface area contributed by atoms with Crippen LogP contribution in [0.4, 0.5) is 0 Å². The zero-order valence-corrected chi connectivity index (χ0v) is 15.2. The van der Waals surface area contributed by atoms with E-state index in [0.29, 0.717) is 6.04 Å². The summed E-state index contributed by atoms with van der Waals surface area (Å²) in [7, 11) is 0. The third kappa shape index (κ3) is 3.01. The number of carbonyl (C=O) groups is 1. The topological polar surface area (TPSA) is 23.6 Å². The minimum atomic E-state index is 0.141. The molecule has 2 aromatic rings. The fourth-order valence-electron chi connectivity index (χ4n) is 3.86. The van der Waals surface area contributed by atoms with E-state index >= 15 is 0 Å². The fraction of sp³-hybridized carbons (Fsp3) is 0.350. The van der Waals surface area contributed by atoms with Crippen molar-refractivity contribution in [3.8, 4) is 0 Å². The molecule has 4 rings (SSSR count). The smallest absolute Gasteiger partial charge is 0.255 e. The van der Waals surface area contributed by atoms with Gasteiger partial charge < -0.3 is 4.90 Å². The molecule has 1 atom stereocenters. The summed E-state index contributed by atoms with van der Waals surface area (Å²) in [6.07, 6.45) is 2.18. The maximum atomic E-state index is 12.8. The Kier molecular flexibility index (Phi) is 4.42. The third-order valence-electron chi connectivity index (χ3n) is 5.23. The van der Waals surface area contributed by atoms with Crippen LogP contribution in [0.2, 0.25) is 0 Å². The van der Waals surface area contributed by atoms with E-state index in [4.69, 9.17) is 0 Å². The molecule has 0 bridgehead atoms. The Morgan fingerprint density at radius 2 is 1.75 bits per heavy atom. The van der Waals surface area contributed by atoms with E-state index in [-0.39, 0.29) is 5.91 Å². The van der Waals surface area contributed by atoms with E-state index in [2.05, 4.69) is 45.1 Å². The van der Waals surface area contributed by atoms with Gasteiger partial charge in [-0.3, -0.25) is 9.69 Å². The van der Waals surface area contributed by atoms with Gasteiger partial charge in [0.2, 0.25) is 0 Å². The predicted molar refractivity (Wildman–Crippen MR) is 99.0 cm³/mol. The van der Waals surface area contributed by atoms with Crippen LogP contribution in [0.25, 0.3) is 0 Å². The summed E-state index contributed by atoms with van der Waals surface area (Å²) >= 11 is 3.50. The lowest BCUT2D eigenvalue weighted by molar-refractivity contribution is 0.0772. The minimum absolute atomic E-state index is 0.141. The number of hydrogen-bond donors (Lipinski definition) is 0. The Hall–Kier alpha value is -1.65. The van der Waals surface area contributed by atoms with Crippen LogP contribution in [-0.4, -0.2) is 41.4 Å². The SMILES string of the molecule is O=C(c1ccccc1Br)N1CC[C@@H](N2CCc3ccccc3C2)C1. The average molecular weight is 385 g/mol. The van der Waals surface area contributed by atoms with Crippen molar-refractivity contribution in [1.29, 1.82) is 0 Å². The van der Waals surface area contributed by atoms with Crippen molar-refractivity contribution >= 4 is 21.8 Å². The van der Waals surface area contributed by atoms with Crippen LogP contribution in [-0.2, 0) is 13.0 Å². The van der Waals surface area contributed by atoms with Gasteiger partial charge in [0.25, 0.3) is 5.91 Å². The molecule has 0 aliphatic carbocycles. The summed E-state index contributed by atoms with van der Waals surface area (Å²) in [6, 6.07) is 16.9. The van der Waals surface area contributed by atoms with Gasteiger partial charge in [-0.25, -0.2) is 0 Å². The van der Waals surface area contributed by atoms with Gasteiger partial charge in [0.1, 0.15) is 0 Å². The molecule has 3 nitrogen and oxygen atoms in total. The molecule has 2 aliphatic rings. The highest BCUT2D eigenvalue weighted by molar-refractivity contribution is 9.10. The van der Waals surface area contributed by atoms with Gasteiger partial charge in [-0.2, -0.15) is 0 Å². The lowest BCUT2D eigenvalue weighted by Crippen LogP contribution is -2.41. The highest BCUT2D eigenvalue weighted by atomic mass is 79.9. The molecule has 0 saturated carbocycles. The molecule has 1 fully saturated rings. The van der Waals surface area contributed by atoms with E-state index in [1.165, 1.54) is 11.1 Å². The van der Waals surface area contributed by atoms with Gasteiger partial charge in [-0.15, -0.1) is 0 Å². The standard InChI is InChI=1S/C20H21BrN2O/c21-19-8-4-3-7-18(19)20(24)23-12-10-17(14-23)22-11-9-15-5-1-2-6-16(15)13-22/h1-8,17H,9-14H2/t17-/m1/s1. The minimum Gasteiger partial charge on any atom is -0.337 e. The van der Waals surface area contributed by atoms with Crippen LogP contribution in [0.5, 0.6) is 0 Å². The maximum absolute atomic E-state index is 12.8. The Morgan fingerprint density at radius 1 is 1.00 bits per heavy atom. The van der Waals surface area contributed by atoms with E-state index in [1.807, 2.05) is 29.2 Å². The molecule has 124 valence electrons. The summed E-state index contributed by atoms with van der Waals surface area (Å²) in [5.41, 5.74) is 3.69. The molecular weight excluding hydrogens is 364 g/mol. The van der Waals surface area contributed by atoms with Crippen molar-refractivity contribution in [2.45, 2.75) is 25.4 Å². The Labute approximate surface area is 151 Å². The van der Waals surface area contributed by atoms with Crippen LogP contribution in [0.3, 0.4) is 0 Å². The number of rotatable bonds is 2. The number of amides is 1. The molecule has 1 amide bonds. The van der Waals surface area contributed by atoms with Gasteiger partial charge >= 0.3 is 0 Å². The molecular formula is C20H21BrN2O. The Bertz CT molecular complexity index is 761. The van der Waals surface area contributed by atoms with Crippen molar-refractivity contribution < 1.29 is 4.79 Å². The van der Waals surface area contributed by atoms with E-state index < -0.39 is 0 Å². The van der Waals surface area contributed by atoms with Gasteiger partial charge in [-0.05, 0) is 52.0 Å². The van der Waals surface area contributed by atoms with Gasteiger partial charge in [-0.1, -0.05) is 36.4 Å². The zero-order valence-electron chi connectivity index (χ0n) is 13.6. The maximum Gasteiger partial charge on any atom is 0.255 e. The van der Waals surface area contributed by atoms with Crippen LogP contribution < -0.4 is 0 Å². The monoisotopic (exact) mass is 384 g/mol. The molecule has 0 spiro atoms. The van der Waals surface area contributed by atoms with Crippen molar-refractivity contribution in [2.24, 2.45) is 0 Å². The van der Waals surface area contributed by atoms with Gasteiger partial charge in [0.15, 0.2) is 0 Å².